The van der Waals surface area contributed by atoms with Crippen LogP contribution >= 0.6 is 0 Å². The molecule has 6 atom stereocenters. The van der Waals surface area contributed by atoms with Gasteiger partial charge in [-0.05, 0) is 13.8 Å². The predicted molar refractivity (Wildman–Crippen MR) is 50.0 cm³/mol. The van der Waals surface area contributed by atoms with E-state index in [9.17, 15) is 15.3 Å². The molecule has 0 spiro atoms. The molecule has 0 aromatic heterocycles. The van der Waals surface area contributed by atoms with Gasteiger partial charge in [-0.15, -0.1) is 0 Å². The maximum atomic E-state index is 9.50. The van der Waals surface area contributed by atoms with E-state index < -0.39 is 36.8 Å². The molecule has 1 aliphatic rings. The summed E-state index contributed by atoms with van der Waals surface area (Å²) >= 11 is 0. The molecule has 1 rings (SSSR count). The summed E-state index contributed by atoms with van der Waals surface area (Å²) in [5.41, 5.74) is 0. The van der Waals surface area contributed by atoms with E-state index in [4.69, 9.17) is 14.6 Å². The normalized spacial score (nSPS) is 44.0. The summed E-state index contributed by atoms with van der Waals surface area (Å²) in [5, 5.41) is 37.3. The Bertz CT molecular complexity index is 197. The van der Waals surface area contributed by atoms with Gasteiger partial charge in [-0.2, -0.15) is 0 Å². The van der Waals surface area contributed by atoms with Gasteiger partial charge in [0, 0.05) is 0 Å². The van der Waals surface area contributed by atoms with Crippen LogP contribution in [0.2, 0.25) is 0 Å². The van der Waals surface area contributed by atoms with Crippen molar-refractivity contribution in [2.24, 2.45) is 0 Å². The van der Waals surface area contributed by atoms with Gasteiger partial charge in [0.15, 0.2) is 6.29 Å². The summed E-state index contributed by atoms with van der Waals surface area (Å²) in [4.78, 5) is 0. The molecule has 1 fully saturated rings. The van der Waals surface area contributed by atoms with E-state index in [1.54, 1.807) is 6.92 Å². The van der Waals surface area contributed by atoms with E-state index >= 15 is 0 Å². The second-order valence-corrected chi connectivity index (χ2v) is 3.86. The molecule has 0 radical (unpaired) electrons. The third kappa shape index (κ3) is 3.10. The molecule has 4 N–H and O–H groups in total. The maximum Gasteiger partial charge on any atom is 0.186 e. The first-order valence-electron chi connectivity index (χ1n) is 4.92. The van der Waals surface area contributed by atoms with Crippen molar-refractivity contribution >= 4 is 0 Å². The molecule has 6 nitrogen and oxygen atoms in total. The topological polar surface area (TPSA) is 99.4 Å². The van der Waals surface area contributed by atoms with Crippen molar-refractivity contribution in [2.75, 3.05) is 6.61 Å². The fraction of sp³-hybridized carbons (Fsp3) is 1.00. The van der Waals surface area contributed by atoms with Crippen molar-refractivity contribution in [2.45, 2.75) is 50.7 Å². The molecule has 1 saturated heterocycles. The van der Waals surface area contributed by atoms with E-state index in [2.05, 4.69) is 0 Å². The van der Waals surface area contributed by atoms with E-state index in [1.807, 2.05) is 0 Å². The number of hydrogen-bond donors (Lipinski definition) is 4. The molecule has 1 unspecified atom stereocenters. The Morgan fingerprint density at radius 1 is 1.20 bits per heavy atom. The smallest absolute Gasteiger partial charge is 0.186 e. The lowest BCUT2D eigenvalue weighted by molar-refractivity contribution is -0.296. The first kappa shape index (κ1) is 12.8. The first-order chi connectivity index (χ1) is 6.93. The summed E-state index contributed by atoms with van der Waals surface area (Å²) in [5.74, 6) is 0. The zero-order valence-electron chi connectivity index (χ0n) is 8.78. The molecule has 1 heterocycles. The quantitative estimate of drug-likeness (QED) is 0.450. The first-order valence-corrected chi connectivity index (χ1v) is 4.92. The Labute approximate surface area is 88.1 Å². The van der Waals surface area contributed by atoms with Crippen molar-refractivity contribution in [3.05, 3.63) is 0 Å². The molecule has 90 valence electrons. The number of ether oxygens (including phenoxy) is 2. The summed E-state index contributed by atoms with van der Waals surface area (Å²) in [7, 11) is 0. The van der Waals surface area contributed by atoms with Gasteiger partial charge >= 0.3 is 0 Å². The van der Waals surface area contributed by atoms with E-state index in [-0.39, 0.29) is 6.61 Å². The highest BCUT2D eigenvalue weighted by Gasteiger charge is 2.42. The van der Waals surface area contributed by atoms with Crippen LogP contribution in [0.1, 0.15) is 13.8 Å². The van der Waals surface area contributed by atoms with Crippen molar-refractivity contribution in [1.82, 2.24) is 0 Å². The highest BCUT2D eigenvalue weighted by molar-refractivity contribution is 4.87. The lowest BCUT2D eigenvalue weighted by Crippen LogP contribution is -2.57. The van der Waals surface area contributed by atoms with Crippen LogP contribution in [0, 0.1) is 0 Å². The molecule has 0 aliphatic carbocycles. The van der Waals surface area contributed by atoms with Gasteiger partial charge in [-0.25, -0.2) is 0 Å². The second kappa shape index (κ2) is 5.20. The van der Waals surface area contributed by atoms with Gasteiger partial charge in [0.2, 0.25) is 0 Å². The lowest BCUT2D eigenvalue weighted by atomic mass is 10.0. The van der Waals surface area contributed by atoms with Crippen LogP contribution in [-0.2, 0) is 9.47 Å². The molecule has 0 amide bonds. The molecular weight excluding hydrogens is 204 g/mol. The molecule has 0 bridgehead atoms. The van der Waals surface area contributed by atoms with E-state index in [0.717, 1.165) is 0 Å². The molecule has 6 heteroatoms. The van der Waals surface area contributed by atoms with Crippen molar-refractivity contribution in [1.29, 1.82) is 0 Å². The fourth-order valence-corrected chi connectivity index (χ4v) is 1.39. The zero-order chi connectivity index (χ0) is 11.6. The fourth-order valence-electron chi connectivity index (χ4n) is 1.39. The summed E-state index contributed by atoms with van der Waals surface area (Å²) in [6.07, 6.45) is -6.07. The average molecular weight is 222 g/mol. The average Bonchev–Trinajstić information content (AvgIpc) is 2.18. The van der Waals surface area contributed by atoms with Crippen LogP contribution in [0.15, 0.2) is 0 Å². The zero-order valence-corrected chi connectivity index (χ0v) is 8.78. The Kier molecular flexibility index (Phi) is 4.45. The number of hydrogen-bond acceptors (Lipinski definition) is 6. The molecule has 0 aromatic rings. The third-order valence-electron chi connectivity index (χ3n) is 2.31. The summed E-state index contributed by atoms with van der Waals surface area (Å²) < 4.78 is 10.2. The van der Waals surface area contributed by atoms with Gasteiger partial charge in [0.25, 0.3) is 0 Å². The second-order valence-electron chi connectivity index (χ2n) is 3.86. The van der Waals surface area contributed by atoms with Gasteiger partial charge in [0.05, 0.1) is 18.8 Å². The van der Waals surface area contributed by atoms with Crippen LogP contribution < -0.4 is 0 Å². The Morgan fingerprint density at radius 3 is 2.33 bits per heavy atom. The molecule has 0 aromatic carbocycles. The Hall–Kier alpha value is -0.240. The maximum absolute atomic E-state index is 9.50. The summed E-state index contributed by atoms with van der Waals surface area (Å²) in [6.45, 7) is 3.10. The van der Waals surface area contributed by atoms with Crippen molar-refractivity contribution in [3.8, 4) is 0 Å². The SMILES string of the molecule is CC(O)CO[C@@H]1O[C@@H](C)[C@@H](O)[C@@H](O)[C@@H]1O. The van der Waals surface area contributed by atoms with Crippen LogP contribution in [0.25, 0.3) is 0 Å². The van der Waals surface area contributed by atoms with Crippen molar-refractivity contribution in [3.63, 3.8) is 0 Å². The van der Waals surface area contributed by atoms with Gasteiger partial charge in [0.1, 0.15) is 18.3 Å². The minimum atomic E-state index is -1.31. The number of rotatable bonds is 3. The number of aliphatic hydroxyl groups excluding tert-OH is 4. The minimum Gasteiger partial charge on any atom is -0.391 e. The lowest BCUT2D eigenvalue weighted by Gasteiger charge is -2.39. The van der Waals surface area contributed by atoms with E-state index in [1.165, 1.54) is 6.92 Å². The molecular formula is C9H18O6. The van der Waals surface area contributed by atoms with Crippen molar-refractivity contribution < 1.29 is 29.9 Å². The molecule has 1 aliphatic heterocycles. The van der Waals surface area contributed by atoms with Crippen LogP contribution in [0.3, 0.4) is 0 Å². The van der Waals surface area contributed by atoms with Crippen LogP contribution in [-0.4, -0.2) is 63.8 Å². The van der Waals surface area contributed by atoms with E-state index in [0.29, 0.717) is 0 Å². The Balaban J connectivity index is 2.51. The molecule has 0 saturated carbocycles. The molecule has 15 heavy (non-hydrogen) atoms. The predicted octanol–water partition coefficient (Wildman–Crippen LogP) is -1.79. The van der Waals surface area contributed by atoms with Gasteiger partial charge in [-0.3, -0.25) is 0 Å². The minimum absolute atomic E-state index is 0.00272. The van der Waals surface area contributed by atoms with Crippen LogP contribution in [0.5, 0.6) is 0 Å². The van der Waals surface area contributed by atoms with Gasteiger partial charge < -0.3 is 29.9 Å². The third-order valence-corrected chi connectivity index (χ3v) is 2.31. The van der Waals surface area contributed by atoms with Crippen LogP contribution in [0.4, 0.5) is 0 Å². The highest BCUT2D eigenvalue weighted by atomic mass is 16.7. The standard InChI is InChI=1S/C9H18O6/c1-4(10)3-14-9-8(13)7(12)6(11)5(2)15-9/h4-13H,3H2,1-2H3/t4?,5-,6+,7+,8-,9+/m0/s1. The number of aliphatic hydroxyl groups is 4. The Morgan fingerprint density at radius 2 is 1.80 bits per heavy atom. The monoisotopic (exact) mass is 222 g/mol. The van der Waals surface area contributed by atoms with Gasteiger partial charge in [-0.1, -0.05) is 0 Å². The largest absolute Gasteiger partial charge is 0.391 e. The summed E-state index contributed by atoms with van der Waals surface area (Å²) in [6, 6.07) is 0. The highest BCUT2D eigenvalue weighted by Crippen LogP contribution is 2.21.